The van der Waals surface area contributed by atoms with Gasteiger partial charge in [0.05, 0.1) is 0 Å². The van der Waals surface area contributed by atoms with E-state index in [0.29, 0.717) is 6.42 Å². The second-order valence-electron chi connectivity index (χ2n) is 4.74. The van der Waals surface area contributed by atoms with E-state index < -0.39 is 25.0 Å². The number of carbonyl (C=O) groups is 1. The monoisotopic (exact) mass is 254 g/mol. The molecule has 0 unspecified atom stereocenters. The van der Waals surface area contributed by atoms with Crippen LogP contribution in [0, 0.1) is 5.41 Å². The summed E-state index contributed by atoms with van der Waals surface area (Å²) < 4.78 is 10.6. The van der Waals surface area contributed by atoms with Crippen molar-refractivity contribution < 1.29 is 19.1 Å². The highest BCUT2D eigenvalue weighted by molar-refractivity contribution is 7.49. The molecule has 0 bridgehead atoms. The van der Waals surface area contributed by atoms with Crippen LogP contribution < -0.4 is 9.79 Å². The topological polar surface area (TPSA) is 80.3 Å². The van der Waals surface area contributed by atoms with Gasteiger partial charge in [-0.05, 0) is 12.0 Å². The Bertz CT molecular complexity index is 433. The molecule has 0 saturated carbocycles. The molecule has 0 heterocycles. The van der Waals surface area contributed by atoms with E-state index in [1.54, 1.807) is 13.8 Å². The van der Waals surface area contributed by atoms with Gasteiger partial charge in [0.15, 0.2) is 0 Å². The minimum atomic E-state index is -4.77. The van der Waals surface area contributed by atoms with Crippen molar-refractivity contribution in [2.45, 2.75) is 20.3 Å². The summed E-state index contributed by atoms with van der Waals surface area (Å²) >= 11 is 0. The summed E-state index contributed by atoms with van der Waals surface area (Å²) in [6, 6.07) is 9.29. The van der Waals surface area contributed by atoms with E-state index in [4.69, 9.17) is 0 Å². The van der Waals surface area contributed by atoms with Crippen LogP contribution in [0.25, 0.3) is 0 Å². The van der Waals surface area contributed by atoms with Crippen molar-refractivity contribution >= 4 is 13.4 Å². The summed E-state index contributed by atoms with van der Waals surface area (Å²) in [5, 5.41) is 0. The van der Waals surface area contributed by atoms with Gasteiger partial charge >= 0.3 is 0 Å². The first kappa shape index (κ1) is 14.1. The van der Waals surface area contributed by atoms with Gasteiger partial charge in [-0.25, -0.2) is 0 Å². The average Bonchev–Trinajstić information content (AvgIpc) is 2.15. The maximum absolute atomic E-state index is 11.7. The Kier molecular flexibility index (Phi) is 4.26. The van der Waals surface area contributed by atoms with Gasteiger partial charge < -0.3 is 14.4 Å². The van der Waals surface area contributed by atoms with E-state index in [0.717, 1.165) is 5.56 Å². The molecule has 94 valence electrons. The van der Waals surface area contributed by atoms with Gasteiger partial charge in [-0.3, -0.25) is 4.79 Å². The molecule has 1 aromatic carbocycles. The molecule has 1 aromatic rings. The lowest BCUT2D eigenvalue weighted by atomic mass is 9.82. The molecule has 5 heteroatoms. The van der Waals surface area contributed by atoms with Gasteiger partial charge in [0.2, 0.25) is 0 Å². The summed E-state index contributed by atoms with van der Waals surface area (Å²) in [6.07, 6.45) is -0.487. The lowest BCUT2D eigenvalue weighted by molar-refractivity contribution is -0.312. The predicted octanol–water partition coefficient (Wildman–Crippen LogP) is 0.738. The largest absolute Gasteiger partial charge is 0.810 e. The molecule has 0 saturated heterocycles. The van der Waals surface area contributed by atoms with Crippen LogP contribution in [-0.4, -0.2) is 11.9 Å². The number of ketones is 1. The fraction of sp³-hybridized carbons (Fsp3) is 0.417. The van der Waals surface area contributed by atoms with E-state index in [9.17, 15) is 19.1 Å². The summed E-state index contributed by atoms with van der Waals surface area (Å²) in [5.41, 5.74) is 0.101. The molecule has 1 rings (SSSR count). The molecule has 0 fully saturated rings. The van der Waals surface area contributed by atoms with Crippen molar-refractivity contribution in [3.05, 3.63) is 35.9 Å². The highest BCUT2D eigenvalue weighted by atomic mass is 31.2. The molecule has 17 heavy (non-hydrogen) atoms. The van der Waals surface area contributed by atoms with Crippen LogP contribution in [0.5, 0.6) is 0 Å². The molecule has 0 amide bonds. The maximum Gasteiger partial charge on any atom is 0.143 e. The van der Waals surface area contributed by atoms with Crippen LogP contribution in [0.15, 0.2) is 30.3 Å². The van der Waals surface area contributed by atoms with Crippen molar-refractivity contribution in [3.63, 3.8) is 0 Å². The minimum absolute atomic E-state index is 0.423. The van der Waals surface area contributed by atoms with Crippen LogP contribution in [0.2, 0.25) is 0 Å². The summed E-state index contributed by atoms with van der Waals surface area (Å²) in [6.45, 7) is 3.30. The standard InChI is InChI=1S/C12H17O4P/c1-12(2,11(13)9-17(14,15)16)8-10-6-4-3-5-7-10/h3-7H,8-9H2,1-2H3,(H2,14,15,16)/p-2. The number of Topliss-reactive ketones (excluding diaryl/α,β-unsaturated/α-hetero) is 1. The number of benzene rings is 1. The highest BCUT2D eigenvalue weighted by Crippen LogP contribution is 2.30. The fourth-order valence-corrected chi connectivity index (χ4v) is 2.37. The van der Waals surface area contributed by atoms with E-state index in [2.05, 4.69) is 0 Å². The molecule has 0 radical (unpaired) electrons. The van der Waals surface area contributed by atoms with Gasteiger partial charge in [-0.1, -0.05) is 51.8 Å². The Labute approximate surface area is 101 Å². The zero-order valence-electron chi connectivity index (χ0n) is 9.88. The molecule has 4 nitrogen and oxygen atoms in total. The van der Waals surface area contributed by atoms with Gasteiger partial charge in [0.25, 0.3) is 0 Å². The van der Waals surface area contributed by atoms with E-state index in [1.165, 1.54) is 0 Å². The first-order valence-electron chi connectivity index (χ1n) is 5.29. The highest BCUT2D eigenvalue weighted by Gasteiger charge is 2.27. The van der Waals surface area contributed by atoms with Crippen LogP contribution >= 0.6 is 7.60 Å². The van der Waals surface area contributed by atoms with Crippen LogP contribution in [0.4, 0.5) is 0 Å². The van der Waals surface area contributed by atoms with Crippen LogP contribution in [-0.2, 0) is 15.8 Å². The number of hydrogen-bond donors (Lipinski definition) is 0. The summed E-state index contributed by atoms with van der Waals surface area (Å²) in [7, 11) is -4.77. The summed E-state index contributed by atoms with van der Waals surface area (Å²) in [5.74, 6) is -0.533. The second kappa shape index (κ2) is 5.13. The number of rotatable bonds is 5. The van der Waals surface area contributed by atoms with Gasteiger partial charge in [0.1, 0.15) is 5.78 Å². The van der Waals surface area contributed by atoms with Gasteiger partial charge in [0, 0.05) is 11.6 Å². The third kappa shape index (κ3) is 4.82. The molecular weight excluding hydrogens is 239 g/mol. The molecule has 0 aliphatic carbocycles. The lowest BCUT2D eigenvalue weighted by Gasteiger charge is -2.33. The van der Waals surface area contributed by atoms with E-state index in [-0.39, 0.29) is 0 Å². The lowest BCUT2D eigenvalue weighted by Crippen LogP contribution is -2.33. The Balaban J connectivity index is 2.75. The molecule has 0 spiro atoms. The molecule has 0 aromatic heterocycles. The van der Waals surface area contributed by atoms with Crippen molar-refractivity contribution in [2.24, 2.45) is 5.41 Å². The normalized spacial score (nSPS) is 12.5. The molecule has 0 aliphatic rings. The molecule has 0 N–H and O–H groups in total. The zero-order chi connectivity index (χ0) is 13.1. The zero-order valence-corrected chi connectivity index (χ0v) is 10.8. The Morgan fingerprint density at radius 3 is 2.24 bits per heavy atom. The fourth-order valence-electron chi connectivity index (χ4n) is 1.59. The predicted molar refractivity (Wildman–Crippen MR) is 61.4 cm³/mol. The van der Waals surface area contributed by atoms with Crippen LogP contribution in [0.3, 0.4) is 0 Å². The molecular formula is C12H15O4P-2. The quantitative estimate of drug-likeness (QED) is 0.726. The van der Waals surface area contributed by atoms with E-state index in [1.807, 2.05) is 30.3 Å². The third-order valence-electron chi connectivity index (χ3n) is 2.58. The van der Waals surface area contributed by atoms with Crippen molar-refractivity contribution in [1.82, 2.24) is 0 Å². The first-order chi connectivity index (χ1) is 7.71. The van der Waals surface area contributed by atoms with Crippen molar-refractivity contribution in [3.8, 4) is 0 Å². The number of carbonyl (C=O) groups excluding carboxylic acids is 1. The first-order valence-corrected chi connectivity index (χ1v) is 7.02. The Morgan fingerprint density at radius 2 is 1.76 bits per heavy atom. The molecule has 0 atom stereocenters. The van der Waals surface area contributed by atoms with E-state index >= 15 is 0 Å². The van der Waals surface area contributed by atoms with Crippen molar-refractivity contribution in [1.29, 1.82) is 0 Å². The van der Waals surface area contributed by atoms with Gasteiger partial charge in [-0.2, -0.15) is 0 Å². The van der Waals surface area contributed by atoms with Crippen LogP contribution in [0.1, 0.15) is 19.4 Å². The second-order valence-corrected chi connectivity index (χ2v) is 6.28. The van der Waals surface area contributed by atoms with Gasteiger partial charge in [-0.15, -0.1) is 0 Å². The smallest absolute Gasteiger partial charge is 0.143 e. The molecule has 0 aliphatic heterocycles. The Morgan fingerprint density at radius 1 is 1.24 bits per heavy atom. The maximum atomic E-state index is 11.7. The number of hydrogen-bond acceptors (Lipinski definition) is 4. The minimum Gasteiger partial charge on any atom is -0.810 e. The SMILES string of the molecule is CC(C)(Cc1ccccc1)C(=O)CP(=O)([O-])[O-]. The average molecular weight is 254 g/mol. The summed E-state index contributed by atoms with van der Waals surface area (Å²) in [4.78, 5) is 32.9. The third-order valence-corrected chi connectivity index (χ3v) is 3.26. The van der Waals surface area contributed by atoms with Crippen molar-refractivity contribution in [2.75, 3.05) is 6.16 Å². The Hall–Kier alpha value is -0.960.